The molecule has 0 amide bonds. The number of quaternary nitrogens is 1. The maximum absolute atomic E-state index is 10.5. The van der Waals surface area contributed by atoms with Crippen molar-refractivity contribution in [3.05, 3.63) is 23.8 Å². The lowest BCUT2D eigenvalue weighted by atomic mass is 10.2. The number of carbonyl (C=O) groups is 1. The van der Waals surface area contributed by atoms with Crippen LogP contribution in [0.15, 0.2) is 23.1 Å². The van der Waals surface area contributed by atoms with Crippen molar-refractivity contribution in [2.45, 2.75) is 24.2 Å². The van der Waals surface area contributed by atoms with E-state index in [-0.39, 0.29) is 5.48 Å². The lowest BCUT2D eigenvalue weighted by molar-refractivity contribution is -0.662. The molecule has 1 aliphatic rings. The number of hydrogen-bond acceptors (Lipinski definition) is 5. The van der Waals surface area contributed by atoms with Gasteiger partial charge < -0.3 is 25.6 Å². The molecular weight excluding hydrogens is 302 g/mol. The normalized spacial score (nSPS) is 14.3. The molecular formula is C12H19NO7S. The van der Waals surface area contributed by atoms with Gasteiger partial charge in [0.2, 0.25) is 0 Å². The summed E-state index contributed by atoms with van der Waals surface area (Å²) in [5.41, 5.74) is -0.623. The van der Waals surface area contributed by atoms with Gasteiger partial charge in [-0.2, -0.15) is 0 Å². The van der Waals surface area contributed by atoms with Crippen LogP contribution in [0.2, 0.25) is 0 Å². The van der Waals surface area contributed by atoms with Crippen LogP contribution in [0.1, 0.15) is 29.6 Å². The number of carboxylic acid groups (broad SMARTS) is 1. The van der Waals surface area contributed by atoms with E-state index in [0.29, 0.717) is 6.07 Å². The number of nitrogens with two attached hydrogens (primary N) is 1. The predicted molar refractivity (Wildman–Crippen MR) is 72.2 cm³/mol. The maximum atomic E-state index is 10.5. The molecule has 1 aromatic rings. The first-order valence-electron chi connectivity index (χ1n) is 6.16. The average molecular weight is 321 g/mol. The molecule has 1 aliphatic heterocycles. The molecule has 0 spiro atoms. The van der Waals surface area contributed by atoms with E-state index < -0.39 is 32.3 Å². The fourth-order valence-electron chi connectivity index (χ4n) is 1.74. The molecule has 120 valence electrons. The summed E-state index contributed by atoms with van der Waals surface area (Å²) < 4.78 is 31.5. The molecule has 1 aromatic carbocycles. The molecule has 21 heavy (non-hydrogen) atoms. The Bertz CT molecular complexity index is 555. The molecule has 1 heterocycles. The Kier molecular flexibility index (Phi) is 7.89. The predicted octanol–water partition coefficient (Wildman–Crippen LogP) is -1.10. The molecule has 0 atom stereocenters. The second-order valence-corrected chi connectivity index (χ2v) is 5.74. The van der Waals surface area contributed by atoms with Crippen molar-refractivity contribution in [1.29, 1.82) is 0 Å². The minimum Gasteiger partial charge on any atom is -0.744 e. The van der Waals surface area contributed by atoms with Crippen LogP contribution in [0.5, 0.6) is 5.75 Å². The van der Waals surface area contributed by atoms with Crippen LogP contribution in [0.25, 0.3) is 0 Å². The Balaban J connectivity index is 0.000000480. The van der Waals surface area contributed by atoms with Gasteiger partial charge in [0.1, 0.15) is 21.4 Å². The van der Waals surface area contributed by atoms with Crippen LogP contribution in [-0.4, -0.2) is 47.7 Å². The van der Waals surface area contributed by atoms with Crippen LogP contribution >= 0.6 is 0 Å². The number of phenols is 1. The molecule has 0 saturated carbocycles. The fourth-order valence-corrected chi connectivity index (χ4v) is 2.24. The minimum absolute atomic E-state index is 0. The van der Waals surface area contributed by atoms with Gasteiger partial charge in [-0.05, 0) is 37.5 Å². The van der Waals surface area contributed by atoms with E-state index >= 15 is 0 Å². The third kappa shape index (κ3) is 6.54. The van der Waals surface area contributed by atoms with Gasteiger partial charge in [0.15, 0.2) is 0 Å². The summed E-state index contributed by atoms with van der Waals surface area (Å²) in [5, 5.41) is 19.9. The van der Waals surface area contributed by atoms with E-state index in [1.165, 1.54) is 32.4 Å². The third-order valence-electron chi connectivity index (χ3n) is 2.80. The van der Waals surface area contributed by atoms with Crippen molar-refractivity contribution in [2.24, 2.45) is 0 Å². The number of aromatic carboxylic acids is 1. The molecule has 0 bridgehead atoms. The second-order valence-electron chi connectivity index (χ2n) is 4.36. The van der Waals surface area contributed by atoms with Crippen molar-refractivity contribution in [3.63, 3.8) is 0 Å². The Morgan fingerprint density at radius 2 is 1.76 bits per heavy atom. The third-order valence-corrected chi connectivity index (χ3v) is 3.63. The Morgan fingerprint density at radius 1 is 1.19 bits per heavy atom. The summed E-state index contributed by atoms with van der Waals surface area (Å²) in [4.78, 5) is 9.76. The van der Waals surface area contributed by atoms with Gasteiger partial charge in [0.25, 0.3) is 0 Å². The molecule has 0 aliphatic carbocycles. The number of benzene rings is 1. The molecule has 9 heteroatoms. The van der Waals surface area contributed by atoms with Crippen LogP contribution < -0.4 is 5.32 Å². The summed E-state index contributed by atoms with van der Waals surface area (Å²) in [6.45, 7) is 2.75. The van der Waals surface area contributed by atoms with E-state index in [9.17, 15) is 17.8 Å². The topological polar surface area (TPSA) is 163 Å². The Labute approximate surface area is 122 Å². The van der Waals surface area contributed by atoms with Crippen LogP contribution in [0.4, 0.5) is 0 Å². The molecule has 0 radical (unpaired) electrons. The molecule has 8 nitrogen and oxygen atoms in total. The molecule has 1 saturated heterocycles. The van der Waals surface area contributed by atoms with Gasteiger partial charge in [0.05, 0.1) is 18.0 Å². The number of aromatic hydroxyl groups is 1. The van der Waals surface area contributed by atoms with Crippen molar-refractivity contribution in [2.75, 3.05) is 13.1 Å². The summed E-state index contributed by atoms with van der Waals surface area (Å²) in [5.74, 6) is -2.10. The highest BCUT2D eigenvalue weighted by Gasteiger charge is 2.12. The highest BCUT2D eigenvalue weighted by molar-refractivity contribution is 7.85. The highest BCUT2D eigenvalue weighted by Crippen LogP contribution is 2.20. The van der Waals surface area contributed by atoms with Gasteiger partial charge >= 0.3 is 5.97 Å². The van der Waals surface area contributed by atoms with Crippen molar-refractivity contribution >= 4 is 16.1 Å². The first kappa shape index (κ1) is 19.3. The zero-order chi connectivity index (χ0) is 15.2. The average Bonchev–Trinajstić information content (AvgIpc) is 2.40. The van der Waals surface area contributed by atoms with Gasteiger partial charge in [-0.1, -0.05) is 0 Å². The van der Waals surface area contributed by atoms with Gasteiger partial charge in [0, 0.05) is 0 Å². The SMILES string of the molecule is C1CC[NH2+]CC1.O.O=C(O)c1cc(S(=O)(=O)[O-])ccc1O. The van der Waals surface area contributed by atoms with E-state index in [2.05, 4.69) is 5.32 Å². The van der Waals surface area contributed by atoms with Gasteiger partial charge in [-0.25, -0.2) is 13.2 Å². The Morgan fingerprint density at radius 3 is 2.10 bits per heavy atom. The standard InChI is InChI=1S/C7H6O6S.C5H11N.H2O/c8-6-2-1-4(14(11,12)13)3-5(6)7(9)10;1-2-4-6-5-3-1;/h1-3,8H,(H,9,10)(H,11,12,13);6H,1-5H2;1H2. The summed E-state index contributed by atoms with van der Waals surface area (Å²) in [6, 6.07) is 2.29. The molecule has 2 rings (SSSR count). The molecule has 6 N–H and O–H groups in total. The number of hydrogen-bond donors (Lipinski definition) is 3. The zero-order valence-electron chi connectivity index (χ0n) is 11.3. The smallest absolute Gasteiger partial charge is 0.339 e. The summed E-state index contributed by atoms with van der Waals surface area (Å²) in [6.07, 6.45) is 4.36. The van der Waals surface area contributed by atoms with Crippen molar-refractivity contribution in [3.8, 4) is 5.75 Å². The number of rotatable bonds is 2. The quantitative estimate of drug-likeness (QED) is 0.585. The Hall–Kier alpha value is -1.68. The first-order valence-corrected chi connectivity index (χ1v) is 7.57. The molecule has 1 fully saturated rings. The van der Waals surface area contributed by atoms with Crippen LogP contribution in [-0.2, 0) is 10.1 Å². The largest absolute Gasteiger partial charge is 0.744 e. The molecule has 0 unspecified atom stereocenters. The minimum atomic E-state index is -4.70. The van der Waals surface area contributed by atoms with Gasteiger partial charge in [-0.3, -0.25) is 0 Å². The summed E-state index contributed by atoms with van der Waals surface area (Å²) in [7, 11) is -4.70. The zero-order valence-corrected chi connectivity index (χ0v) is 12.1. The number of carboxylic acids is 1. The fraction of sp³-hybridized carbons (Fsp3) is 0.417. The lowest BCUT2D eigenvalue weighted by Crippen LogP contribution is -2.85. The van der Waals surface area contributed by atoms with E-state index in [1.54, 1.807) is 0 Å². The lowest BCUT2D eigenvalue weighted by Gasteiger charge is -2.08. The first-order chi connectivity index (χ1) is 9.32. The summed E-state index contributed by atoms with van der Waals surface area (Å²) >= 11 is 0. The second kappa shape index (κ2) is 8.57. The van der Waals surface area contributed by atoms with E-state index in [4.69, 9.17) is 10.2 Å². The number of piperidine rings is 1. The van der Waals surface area contributed by atoms with Crippen molar-refractivity contribution in [1.82, 2.24) is 0 Å². The highest BCUT2D eigenvalue weighted by atomic mass is 32.2. The van der Waals surface area contributed by atoms with E-state index in [1.807, 2.05) is 0 Å². The van der Waals surface area contributed by atoms with Crippen LogP contribution in [0.3, 0.4) is 0 Å². The van der Waals surface area contributed by atoms with Crippen molar-refractivity contribution < 1.29 is 38.8 Å². The monoisotopic (exact) mass is 321 g/mol. The maximum Gasteiger partial charge on any atom is 0.339 e. The van der Waals surface area contributed by atoms with E-state index in [0.717, 1.165) is 12.1 Å². The van der Waals surface area contributed by atoms with Crippen LogP contribution in [0, 0.1) is 0 Å². The molecule has 0 aromatic heterocycles. The van der Waals surface area contributed by atoms with Gasteiger partial charge in [-0.15, -0.1) is 0 Å².